The molecule has 0 heterocycles. The van der Waals surface area contributed by atoms with E-state index in [4.69, 9.17) is 0 Å². The van der Waals surface area contributed by atoms with Crippen molar-refractivity contribution in [1.82, 2.24) is 0 Å². The van der Waals surface area contributed by atoms with Crippen LogP contribution in [-0.4, -0.2) is 11.6 Å². The molecule has 0 saturated heterocycles. The first-order valence-electron chi connectivity index (χ1n) is 6.51. The fraction of sp³-hybridized carbons (Fsp3) is 0.714. The number of Topliss-reactive ketones (excluding diaryl/α,β-unsaturated/α-hetero) is 2. The Bertz CT molecular complexity index is 382. The zero-order valence-electron chi connectivity index (χ0n) is 9.32. The molecule has 0 aliphatic heterocycles. The number of carbonyl (C=O) groups is 2. The normalized spacial score (nSPS) is 47.2. The van der Waals surface area contributed by atoms with Gasteiger partial charge in [-0.3, -0.25) is 9.59 Å². The molecule has 16 heavy (non-hydrogen) atoms. The van der Waals surface area contributed by atoms with Gasteiger partial charge in [0.2, 0.25) is 0 Å². The first kappa shape index (κ1) is 9.15. The van der Waals surface area contributed by atoms with Gasteiger partial charge in [0.25, 0.3) is 0 Å². The minimum Gasteiger partial charge on any atom is -0.298 e. The van der Waals surface area contributed by atoms with Crippen LogP contribution >= 0.6 is 0 Å². The van der Waals surface area contributed by atoms with Crippen molar-refractivity contribution in [3.63, 3.8) is 0 Å². The third-order valence-electron chi connectivity index (χ3n) is 5.47. The van der Waals surface area contributed by atoms with E-state index in [2.05, 4.69) is 12.2 Å². The van der Waals surface area contributed by atoms with Crippen molar-refractivity contribution in [3.05, 3.63) is 12.2 Å². The van der Waals surface area contributed by atoms with Crippen molar-refractivity contribution in [1.29, 1.82) is 0 Å². The zero-order valence-corrected chi connectivity index (χ0v) is 9.32. The maximum Gasteiger partial charge on any atom is 0.150 e. The lowest BCUT2D eigenvalue weighted by atomic mass is 9.79. The van der Waals surface area contributed by atoms with Crippen molar-refractivity contribution in [2.24, 2.45) is 29.1 Å². The van der Waals surface area contributed by atoms with E-state index in [-0.39, 0.29) is 11.8 Å². The van der Waals surface area contributed by atoms with Gasteiger partial charge in [-0.1, -0.05) is 25.0 Å². The summed E-state index contributed by atoms with van der Waals surface area (Å²) in [6.45, 7) is 0. The number of ketones is 2. The lowest BCUT2D eigenvalue weighted by Gasteiger charge is -2.21. The summed E-state index contributed by atoms with van der Waals surface area (Å²) < 4.78 is 0. The van der Waals surface area contributed by atoms with E-state index in [1.165, 1.54) is 0 Å². The molecule has 2 nitrogen and oxygen atoms in total. The van der Waals surface area contributed by atoms with Gasteiger partial charge in [0.05, 0.1) is 5.41 Å². The smallest absolute Gasteiger partial charge is 0.150 e. The van der Waals surface area contributed by atoms with Crippen molar-refractivity contribution in [2.75, 3.05) is 0 Å². The number of carbonyl (C=O) groups excluding carboxylic acids is 2. The molecule has 3 fully saturated rings. The highest BCUT2D eigenvalue weighted by Crippen LogP contribution is 2.60. The van der Waals surface area contributed by atoms with E-state index in [1.54, 1.807) is 0 Å². The van der Waals surface area contributed by atoms with Gasteiger partial charge in [-0.2, -0.15) is 0 Å². The number of fused-ring (bicyclic) bond motifs is 5. The fourth-order valence-electron chi connectivity index (χ4n) is 4.77. The zero-order chi connectivity index (χ0) is 10.9. The number of hydrogen-bond donors (Lipinski definition) is 0. The second-order valence-electron chi connectivity index (χ2n) is 6.02. The minimum absolute atomic E-state index is 0.0700. The van der Waals surface area contributed by atoms with Gasteiger partial charge in [0.1, 0.15) is 0 Å². The molecular weight excluding hydrogens is 200 g/mol. The molecule has 1 spiro atoms. The molecule has 4 rings (SSSR count). The van der Waals surface area contributed by atoms with Crippen LogP contribution in [0.1, 0.15) is 32.1 Å². The molecule has 0 amide bonds. The van der Waals surface area contributed by atoms with Crippen LogP contribution in [0.4, 0.5) is 0 Å². The van der Waals surface area contributed by atoms with Gasteiger partial charge in [-0.25, -0.2) is 0 Å². The molecule has 0 aromatic carbocycles. The Labute approximate surface area is 95.1 Å². The first-order valence-corrected chi connectivity index (χ1v) is 6.51. The first-order chi connectivity index (χ1) is 7.74. The largest absolute Gasteiger partial charge is 0.298 e. The quantitative estimate of drug-likeness (QED) is 0.459. The molecule has 4 atom stereocenters. The predicted molar refractivity (Wildman–Crippen MR) is 58.6 cm³/mol. The fourth-order valence-corrected chi connectivity index (χ4v) is 4.77. The van der Waals surface area contributed by atoms with Gasteiger partial charge >= 0.3 is 0 Å². The molecular formula is C14H16O2. The van der Waals surface area contributed by atoms with Crippen molar-refractivity contribution in [3.8, 4) is 0 Å². The highest BCUT2D eigenvalue weighted by atomic mass is 16.2. The monoisotopic (exact) mass is 216 g/mol. The molecule has 2 heteroatoms. The van der Waals surface area contributed by atoms with E-state index >= 15 is 0 Å². The standard InChI is InChI=1S/C14H16O2/c15-12-10-8-3-4-9(7-8)11(10)13(16)14(12)5-1-2-6-14/h3-4,8-11H,1-2,5-7H2/t8-,9+,10+,11-. The maximum atomic E-state index is 12.6. The molecule has 0 radical (unpaired) electrons. The molecule has 0 aromatic rings. The van der Waals surface area contributed by atoms with Crippen LogP contribution in [0.3, 0.4) is 0 Å². The molecule has 0 aromatic heterocycles. The van der Waals surface area contributed by atoms with Crippen LogP contribution in [-0.2, 0) is 9.59 Å². The second kappa shape index (κ2) is 2.66. The highest BCUT2D eigenvalue weighted by molar-refractivity contribution is 6.16. The molecule has 4 aliphatic rings. The predicted octanol–water partition coefficient (Wildman–Crippen LogP) is 2.14. The highest BCUT2D eigenvalue weighted by Gasteiger charge is 2.66. The Kier molecular flexibility index (Phi) is 1.52. The van der Waals surface area contributed by atoms with Crippen LogP contribution in [0, 0.1) is 29.1 Å². The van der Waals surface area contributed by atoms with Crippen LogP contribution in [0.2, 0.25) is 0 Å². The summed E-state index contributed by atoms with van der Waals surface area (Å²) in [7, 11) is 0. The van der Waals surface area contributed by atoms with E-state index in [0.29, 0.717) is 23.4 Å². The van der Waals surface area contributed by atoms with Crippen molar-refractivity contribution < 1.29 is 9.59 Å². The molecule has 3 saturated carbocycles. The van der Waals surface area contributed by atoms with Gasteiger partial charge in [0.15, 0.2) is 11.6 Å². The van der Waals surface area contributed by atoms with Gasteiger partial charge in [-0.05, 0) is 31.1 Å². The Morgan fingerprint density at radius 1 is 0.938 bits per heavy atom. The third-order valence-corrected chi connectivity index (χ3v) is 5.47. The second-order valence-corrected chi connectivity index (χ2v) is 6.02. The topological polar surface area (TPSA) is 34.1 Å². The SMILES string of the molecule is O=C1[C@@H]2[C@H](C(=O)C13CCCC3)[C@H]1C=C[C@@H]2C1. The average Bonchev–Trinajstić information content (AvgIpc) is 3.02. The summed E-state index contributed by atoms with van der Waals surface area (Å²) in [6.07, 6.45) is 9.26. The Morgan fingerprint density at radius 2 is 1.44 bits per heavy atom. The average molecular weight is 216 g/mol. The summed E-state index contributed by atoms with van der Waals surface area (Å²) in [4.78, 5) is 25.1. The summed E-state index contributed by atoms with van der Waals surface area (Å²) in [5, 5.41) is 0. The molecule has 0 unspecified atom stereocenters. The Morgan fingerprint density at radius 3 is 1.94 bits per heavy atom. The van der Waals surface area contributed by atoms with Crippen molar-refractivity contribution in [2.45, 2.75) is 32.1 Å². The minimum atomic E-state index is -0.516. The Balaban J connectivity index is 1.82. The molecule has 0 N–H and O–H groups in total. The lowest BCUT2D eigenvalue weighted by molar-refractivity contribution is -0.136. The summed E-state index contributed by atoms with van der Waals surface area (Å²) in [6, 6.07) is 0. The number of hydrogen-bond acceptors (Lipinski definition) is 2. The van der Waals surface area contributed by atoms with Crippen LogP contribution in [0.5, 0.6) is 0 Å². The molecule has 4 aliphatic carbocycles. The van der Waals surface area contributed by atoms with Crippen LogP contribution < -0.4 is 0 Å². The summed E-state index contributed by atoms with van der Waals surface area (Å²) in [5.74, 6) is 1.56. The van der Waals surface area contributed by atoms with E-state index in [0.717, 1.165) is 32.1 Å². The van der Waals surface area contributed by atoms with Crippen molar-refractivity contribution >= 4 is 11.6 Å². The van der Waals surface area contributed by atoms with E-state index < -0.39 is 5.41 Å². The van der Waals surface area contributed by atoms with Gasteiger partial charge < -0.3 is 0 Å². The van der Waals surface area contributed by atoms with E-state index in [9.17, 15) is 9.59 Å². The summed E-state index contributed by atoms with van der Waals surface area (Å²) in [5.41, 5.74) is -0.516. The van der Waals surface area contributed by atoms with Crippen LogP contribution in [0.15, 0.2) is 12.2 Å². The maximum absolute atomic E-state index is 12.6. The number of allylic oxidation sites excluding steroid dienone is 2. The molecule has 2 bridgehead atoms. The number of rotatable bonds is 0. The molecule has 84 valence electrons. The lowest BCUT2D eigenvalue weighted by Crippen LogP contribution is -2.33. The Hall–Kier alpha value is -0.920. The summed E-state index contributed by atoms with van der Waals surface area (Å²) >= 11 is 0. The van der Waals surface area contributed by atoms with Crippen LogP contribution in [0.25, 0.3) is 0 Å². The van der Waals surface area contributed by atoms with E-state index in [1.807, 2.05) is 0 Å². The van der Waals surface area contributed by atoms with Gasteiger partial charge in [0, 0.05) is 11.8 Å². The third kappa shape index (κ3) is 0.792. The van der Waals surface area contributed by atoms with Gasteiger partial charge in [-0.15, -0.1) is 0 Å².